The molecule has 0 aliphatic carbocycles. The first-order valence-electron chi connectivity index (χ1n) is 5.97. The van der Waals surface area contributed by atoms with Gasteiger partial charge in [0.2, 0.25) is 0 Å². The standard InChI is InChI=1S/C15H12BrClF2O/c16-12-5-4-9(13(17)8-12)7-14(20)10-2-1-3-11(6-10)15(18)19/h1-6,8,14-15,20H,7H2. The molecule has 1 unspecified atom stereocenters. The maximum Gasteiger partial charge on any atom is 0.263 e. The lowest BCUT2D eigenvalue weighted by atomic mass is 10.00. The van der Waals surface area contributed by atoms with Crippen molar-refractivity contribution in [2.75, 3.05) is 0 Å². The molecule has 5 heteroatoms. The highest BCUT2D eigenvalue weighted by molar-refractivity contribution is 9.10. The summed E-state index contributed by atoms with van der Waals surface area (Å²) in [4.78, 5) is 0. The number of benzene rings is 2. The molecule has 0 amide bonds. The third kappa shape index (κ3) is 3.78. The van der Waals surface area contributed by atoms with Crippen LogP contribution in [0.1, 0.15) is 29.2 Å². The highest BCUT2D eigenvalue weighted by Gasteiger charge is 2.14. The van der Waals surface area contributed by atoms with Gasteiger partial charge in [-0.3, -0.25) is 0 Å². The van der Waals surface area contributed by atoms with Crippen molar-refractivity contribution in [1.29, 1.82) is 0 Å². The molecule has 0 heterocycles. The molecule has 0 saturated heterocycles. The van der Waals surface area contributed by atoms with E-state index in [9.17, 15) is 13.9 Å². The predicted octanol–water partition coefficient (Wildman–Crippen LogP) is 5.32. The summed E-state index contributed by atoms with van der Waals surface area (Å²) in [6.07, 6.45) is -3.13. The van der Waals surface area contributed by atoms with Gasteiger partial charge in [-0.25, -0.2) is 8.78 Å². The molecule has 2 aromatic carbocycles. The quantitative estimate of drug-likeness (QED) is 0.782. The SMILES string of the molecule is OC(Cc1ccc(Br)cc1Cl)c1cccc(C(F)F)c1. The number of hydrogen-bond donors (Lipinski definition) is 1. The van der Waals surface area contributed by atoms with Gasteiger partial charge >= 0.3 is 0 Å². The van der Waals surface area contributed by atoms with Crippen molar-refractivity contribution in [1.82, 2.24) is 0 Å². The van der Waals surface area contributed by atoms with Crippen molar-refractivity contribution >= 4 is 27.5 Å². The Bertz CT molecular complexity index is 604. The molecule has 0 radical (unpaired) electrons. The Morgan fingerprint density at radius 2 is 1.80 bits per heavy atom. The molecule has 0 spiro atoms. The molecule has 0 fully saturated rings. The Labute approximate surface area is 129 Å². The number of alkyl halides is 2. The summed E-state index contributed by atoms with van der Waals surface area (Å²) in [5.74, 6) is 0. The fourth-order valence-corrected chi connectivity index (χ4v) is 2.67. The lowest BCUT2D eigenvalue weighted by Gasteiger charge is -2.13. The van der Waals surface area contributed by atoms with E-state index in [0.29, 0.717) is 10.6 Å². The van der Waals surface area contributed by atoms with Crippen molar-refractivity contribution in [3.8, 4) is 0 Å². The van der Waals surface area contributed by atoms with Crippen LogP contribution < -0.4 is 0 Å². The molecule has 0 aliphatic heterocycles. The molecular weight excluding hydrogens is 350 g/mol. The average molecular weight is 362 g/mol. The van der Waals surface area contributed by atoms with Gasteiger partial charge in [0.05, 0.1) is 6.10 Å². The Kier molecular flexibility index (Phi) is 5.13. The smallest absolute Gasteiger partial charge is 0.263 e. The normalized spacial score (nSPS) is 12.7. The zero-order chi connectivity index (χ0) is 14.7. The van der Waals surface area contributed by atoms with Crippen LogP contribution in [-0.2, 0) is 6.42 Å². The first-order chi connectivity index (χ1) is 9.47. The first kappa shape index (κ1) is 15.4. The summed E-state index contributed by atoms with van der Waals surface area (Å²) < 4.78 is 26.1. The van der Waals surface area contributed by atoms with Crippen molar-refractivity contribution in [2.24, 2.45) is 0 Å². The van der Waals surface area contributed by atoms with E-state index >= 15 is 0 Å². The first-order valence-corrected chi connectivity index (χ1v) is 7.14. The van der Waals surface area contributed by atoms with Crippen molar-refractivity contribution < 1.29 is 13.9 Å². The number of aliphatic hydroxyl groups is 1. The van der Waals surface area contributed by atoms with Crippen LogP contribution in [0.3, 0.4) is 0 Å². The summed E-state index contributed by atoms with van der Waals surface area (Å²) in [5.41, 5.74) is 1.13. The van der Waals surface area contributed by atoms with E-state index in [1.54, 1.807) is 18.2 Å². The van der Waals surface area contributed by atoms with Gasteiger partial charge in [-0.1, -0.05) is 51.8 Å². The van der Waals surface area contributed by atoms with Crippen molar-refractivity contribution in [2.45, 2.75) is 19.0 Å². The topological polar surface area (TPSA) is 20.2 Å². The van der Waals surface area contributed by atoms with Gasteiger partial charge < -0.3 is 5.11 Å². The van der Waals surface area contributed by atoms with Crippen LogP contribution in [0, 0.1) is 0 Å². The van der Waals surface area contributed by atoms with Gasteiger partial charge in [-0.05, 0) is 29.3 Å². The maximum absolute atomic E-state index is 12.6. The summed E-state index contributed by atoms with van der Waals surface area (Å²) in [6, 6.07) is 11.2. The Hall–Kier alpha value is -0.970. The average Bonchev–Trinajstić information content (AvgIpc) is 2.42. The van der Waals surface area contributed by atoms with Gasteiger partial charge in [0, 0.05) is 21.5 Å². The van der Waals surface area contributed by atoms with Gasteiger partial charge in [-0.15, -0.1) is 0 Å². The van der Waals surface area contributed by atoms with Crippen molar-refractivity contribution in [3.05, 3.63) is 68.7 Å². The van der Waals surface area contributed by atoms with Gasteiger partial charge in [-0.2, -0.15) is 0 Å². The lowest BCUT2D eigenvalue weighted by Crippen LogP contribution is -2.03. The number of aliphatic hydroxyl groups excluding tert-OH is 1. The van der Waals surface area contributed by atoms with Crippen LogP contribution in [0.25, 0.3) is 0 Å². The summed E-state index contributed by atoms with van der Waals surface area (Å²) in [5, 5.41) is 10.7. The Balaban J connectivity index is 2.19. The molecule has 2 aromatic rings. The summed E-state index contributed by atoms with van der Waals surface area (Å²) in [7, 11) is 0. The molecule has 1 N–H and O–H groups in total. The molecule has 1 nitrogen and oxygen atoms in total. The highest BCUT2D eigenvalue weighted by atomic mass is 79.9. The number of rotatable bonds is 4. The maximum atomic E-state index is 12.6. The minimum Gasteiger partial charge on any atom is -0.388 e. The molecule has 0 bridgehead atoms. The minimum atomic E-state index is -2.54. The van der Waals surface area contributed by atoms with Gasteiger partial charge in [0.15, 0.2) is 0 Å². The molecule has 1 atom stereocenters. The highest BCUT2D eigenvalue weighted by Crippen LogP contribution is 2.28. The fraction of sp³-hybridized carbons (Fsp3) is 0.200. The van der Waals surface area contributed by atoms with Crippen LogP contribution in [-0.4, -0.2) is 5.11 Å². The van der Waals surface area contributed by atoms with E-state index in [2.05, 4.69) is 15.9 Å². The van der Waals surface area contributed by atoms with Crippen LogP contribution in [0.2, 0.25) is 5.02 Å². The van der Waals surface area contributed by atoms with Crippen LogP contribution >= 0.6 is 27.5 Å². The van der Waals surface area contributed by atoms with Gasteiger partial charge in [0.1, 0.15) is 0 Å². The molecule has 0 aromatic heterocycles. The second-order valence-electron chi connectivity index (χ2n) is 4.43. The largest absolute Gasteiger partial charge is 0.388 e. The van der Waals surface area contributed by atoms with E-state index in [4.69, 9.17) is 11.6 Å². The summed E-state index contributed by atoms with van der Waals surface area (Å²) in [6.45, 7) is 0. The van der Waals surface area contributed by atoms with E-state index in [0.717, 1.165) is 10.0 Å². The monoisotopic (exact) mass is 360 g/mol. The predicted molar refractivity (Wildman–Crippen MR) is 79.2 cm³/mol. The Morgan fingerprint density at radius 3 is 2.45 bits per heavy atom. The zero-order valence-electron chi connectivity index (χ0n) is 10.4. The van der Waals surface area contributed by atoms with Crippen LogP contribution in [0.15, 0.2) is 46.9 Å². The number of hydrogen-bond acceptors (Lipinski definition) is 1. The van der Waals surface area contributed by atoms with Crippen LogP contribution in [0.4, 0.5) is 8.78 Å². The van der Waals surface area contributed by atoms with E-state index < -0.39 is 12.5 Å². The van der Waals surface area contributed by atoms with E-state index in [1.165, 1.54) is 18.2 Å². The van der Waals surface area contributed by atoms with E-state index in [-0.39, 0.29) is 12.0 Å². The minimum absolute atomic E-state index is 0.0940. The molecule has 0 aliphatic rings. The molecule has 106 valence electrons. The summed E-state index contributed by atoms with van der Waals surface area (Å²) >= 11 is 9.38. The third-order valence-corrected chi connectivity index (χ3v) is 3.82. The number of halogens is 4. The molecule has 0 saturated carbocycles. The Morgan fingerprint density at radius 1 is 1.10 bits per heavy atom. The van der Waals surface area contributed by atoms with Crippen molar-refractivity contribution in [3.63, 3.8) is 0 Å². The molecule has 2 rings (SSSR count). The fourth-order valence-electron chi connectivity index (χ4n) is 1.92. The zero-order valence-corrected chi connectivity index (χ0v) is 12.7. The molecule has 20 heavy (non-hydrogen) atoms. The second kappa shape index (κ2) is 6.66. The molecular formula is C15H12BrClF2O. The third-order valence-electron chi connectivity index (χ3n) is 2.98. The van der Waals surface area contributed by atoms with E-state index in [1.807, 2.05) is 6.07 Å². The second-order valence-corrected chi connectivity index (χ2v) is 5.75. The van der Waals surface area contributed by atoms with Crippen LogP contribution in [0.5, 0.6) is 0 Å². The lowest BCUT2D eigenvalue weighted by molar-refractivity contribution is 0.149. The van der Waals surface area contributed by atoms with Gasteiger partial charge in [0.25, 0.3) is 6.43 Å².